The number of amides is 1. The molecule has 0 aromatic carbocycles. The van der Waals surface area contributed by atoms with Gasteiger partial charge in [-0.15, -0.1) is 0 Å². The predicted octanol–water partition coefficient (Wildman–Crippen LogP) is 1.49. The normalized spacial score (nSPS) is 23.6. The molecule has 1 aliphatic rings. The number of carbonyl (C=O) groups is 2. The van der Waals surface area contributed by atoms with Gasteiger partial charge in [-0.25, -0.2) is 0 Å². The van der Waals surface area contributed by atoms with Crippen molar-refractivity contribution in [1.29, 1.82) is 0 Å². The molecule has 1 fully saturated rings. The maximum atomic E-state index is 11.9. The average Bonchev–Trinajstić information content (AvgIpc) is 2.24. The summed E-state index contributed by atoms with van der Waals surface area (Å²) in [5.74, 6) is -0.400. The van der Waals surface area contributed by atoms with E-state index < -0.39 is 5.97 Å². The van der Waals surface area contributed by atoms with Crippen molar-refractivity contribution in [1.82, 2.24) is 5.32 Å². The highest BCUT2D eigenvalue weighted by Gasteiger charge is 2.36. The van der Waals surface area contributed by atoms with Crippen LogP contribution in [0.4, 0.5) is 0 Å². The van der Waals surface area contributed by atoms with E-state index in [9.17, 15) is 9.59 Å². The largest absolute Gasteiger partial charge is 0.468 e. The van der Waals surface area contributed by atoms with Crippen LogP contribution in [0.2, 0.25) is 0 Å². The smallest absolute Gasteiger partial charge is 0.325 e. The van der Waals surface area contributed by atoms with Crippen LogP contribution in [0, 0.1) is 11.3 Å². The topological polar surface area (TPSA) is 55.4 Å². The molecule has 92 valence electrons. The molecule has 0 bridgehead atoms. The van der Waals surface area contributed by atoms with Gasteiger partial charge in [0.25, 0.3) is 0 Å². The molecule has 1 unspecified atom stereocenters. The molecule has 0 spiro atoms. The minimum Gasteiger partial charge on any atom is -0.468 e. The minimum atomic E-state index is -0.401. The zero-order valence-electron chi connectivity index (χ0n) is 10.3. The van der Waals surface area contributed by atoms with Crippen molar-refractivity contribution >= 4 is 11.9 Å². The molecule has 1 rings (SSSR count). The van der Waals surface area contributed by atoms with Gasteiger partial charge in [0, 0.05) is 5.92 Å². The summed E-state index contributed by atoms with van der Waals surface area (Å²) in [4.78, 5) is 22.8. The van der Waals surface area contributed by atoms with Crippen LogP contribution in [0.15, 0.2) is 0 Å². The molecule has 0 aromatic heterocycles. The van der Waals surface area contributed by atoms with E-state index in [2.05, 4.69) is 23.9 Å². The van der Waals surface area contributed by atoms with E-state index in [1.54, 1.807) is 0 Å². The first kappa shape index (κ1) is 13.0. The van der Waals surface area contributed by atoms with Crippen molar-refractivity contribution in [3.63, 3.8) is 0 Å². The highest BCUT2D eigenvalue weighted by Crippen LogP contribution is 2.40. The standard InChI is InChI=1S/C12H21NO3/c1-12(2)7-5-4-6-9(12)11(15)13-8-10(14)16-3/h9H,4-8H2,1-3H3,(H,13,15). The third-order valence-electron chi connectivity index (χ3n) is 3.46. The molecule has 4 heteroatoms. The number of esters is 1. The lowest BCUT2D eigenvalue weighted by Crippen LogP contribution is -2.42. The first-order valence-corrected chi connectivity index (χ1v) is 5.82. The lowest BCUT2D eigenvalue weighted by atomic mass is 9.68. The summed E-state index contributed by atoms with van der Waals surface area (Å²) in [5, 5.41) is 2.65. The maximum absolute atomic E-state index is 11.9. The van der Waals surface area contributed by atoms with Gasteiger partial charge in [-0.1, -0.05) is 26.7 Å². The molecule has 0 saturated heterocycles. The fourth-order valence-corrected chi connectivity index (χ4v) is 2.33. The van der Waals surface area contributed by atoms with E-state index >= 15 is 0 Å². The number of carbonyl (C=O) groups excluding carboxylic acids is 2. The first-order valence-electron chi connectivity index (χ1n) is 5.82. The Morgan fingerprint density at radius 3 is 2.62 bits per heavy atom. The van der Waals surface area contributed by atoms with Crippen LogP contribution >= 0.6 is 0 Å². The summed E-state index contributed by atoms with van der Waals surface area (Å²) in [6, 6.07) is 0. The summed E-state index contributed by atoms with van der Waals surface area (Å²) in [7, 11) is 1.32. The molecule has 0 aliphatic heterocycles. The van der Waals surface area contributed by atoms with Gasteiger partial charge in [0.15, 0.2) is 0 Å². The van der Waals surface area contributed by atoms with Gasteiger partial charge in [0.2, 0.25) is 5.91 Å². The molecular formula is C12H21NO3. The molecule has 0 heterocycles. The first-order chi connectivity index (χ1) is 7.47. The van der Waals surface area contributed by atoms with Gasteiger partial charge >= 0.3 is 5.97 Å². The van der Waals surface area contributed by atoms with Gasteiger partial charge in [-0.05, 0) is 18.3 Å². The second-order valence-electron chi connectivity index (χ2n) is 5.08. The molecular weight excluding hydrogens is 206 g/mol. The quantitative estimate of drug-likeness (QED) is 0.743. The Balaban J connectivity index is 2.49. The fraction of sp³-hybridized carbons (Fsp3) is 0.833. The van der Waals surface area contributed by atoms with E-state index in [-0.39, 0.29) is 23.8 Å². The summed E-state index contributed by atoms with van der Waals surface area (Å²) >= 11 is 0. The van der Waals surface area contributed by atoms with Crippen LogP contribution < -0.4 is 5.32 Å². The number of rotatable bonds is 3. The van der Waals surface area contributed by atoms with Crippen molar-refractivity contribution in [2.45, 2.75) is 39.5 Å². The Hall–Kier alpha value is -1.06. The molecule has 1 atom stereocenters. The Kier molecular flexibility index (Phi) is 4.33. The summed E-state index contributed by atoms with van der Waals surface area (Å²) < 4.78 is 4.49. The summed E-state index contributed by atoms with van der Waals surface area (Å²) in [6.07, 6.45) is 4.27. The van der Waals surface area contributed by atoms with E-state index in [4.69, 9.17) is 0 Å². The molecule has 1 amide bonds. The predicted molar refractivity (Wildman–Crippen MR) is 60.8 cm³/mol. The second-order valence-corrected chi connectivity index (χ2v) is 5.08. The van der Waals surface area contributed by atoms with Crippen LogP contribution in [-0.4, -0.2) is 25.5 Å². The highest BCUT2D eigenvalue weighted by atomic mass is 16.5. The number of hydrogen-bond acceptors (Lipinski definition) is 3. The molecule has 1 saturated carbocycles. The molecule has 1 aliphatic carbocycles. The second kappa shape index (κ2) is 5.32. The van der Waals surface area contributed by atoms with Crippen molar-refractivity contribution in [3.8, 4) is 0 Å². The van der Waals surface area contributed by atoms with Crippen molar-refractivity contribution in [3.05, 3.63) is 0 Å². The lowest BCUT2D eigenvalue weighted by molar-refractivity contribution is -0.142. The van der Waals surface area contributed by atoms with Crippen LogP contribution in [0.5, 0.6) is 0 Å². The van der Waals surface area contributed by atoms with E-state index in [0.29, 0.717) is 0 Å². The number of methoxy groups -OCH3 is 1. The minimum absolute atomic E-state index is 0.0184. The maximum Gasteiger partial charge on any atom is 0.325 e. The summed E-state index contributed by atoms with van der Waals surface area (Å²) in [6.45, 7) is 4.21. The van der Waals surface area contributed by atoms with E-state index in [1.807, 2.05) is 0 Å². The Bertz CT molecular complexity index is 273. The lowest BCUT2D eigenvalue weighted by Gasteiger charge is -2.37. The van der Waals surface area contributed by atoms with Crippen LogP contribution in [0.1, 0.15) is 39.5 Å². The Morgan fingerprint density at radius 1 is 1.38 bits per heavy atom. The SMILES string of the molecule is COC(=O)CNC(=O)C1CCCCC1(C)C. The van der Waals surface area contributed by atoms with Crippen LogP contribution in [0.3, 0.4) is 0 Å². The van der Waals surface area contributed by atoms with E-state index in [0.717, 1.165) is 19.3 Å². The average molecular weight is 227 g/mol. The highest BCUT2D eigenvalue weighted by molar-refractivity contribution is 5.84. The van der Waals surface area contributed by atoms with Crippen molar-refractivity contribution in [2.24, 2.45) is 11.3 Å². The van der Waals surface area contributed by atoms with Gasteiger partial charge < -0.3 is 10.1 Å². The molecule has 1 N–H and O–H groups in total. The van der Waals surface area contributed by atoms with Crippen molar-refractivity contribution < 1.29 is 14.3 Å². The van der Waals surface area contributed by atoms with Gasteiger partial charge in [0.05, 0.1) is 7.11 Å². The molecule has 4 nitrogen and oxygen atoms in total. The van der Waals surface area contributed by atoms with Crippen molar-refractivity contribution in [2.75, 3.05) is 13.7 Å². The number of ether oxygens (including phenoxy) is 1. The Labute approximate surface area is 96.7 Å². The number of nitrogens with one attached hydrogen (secondary N) is 1. The molecule has 0 radical (unpaired) electrons. The zero-order valence-corrected chi connectivity index (χ0v) is 10.3. The third kappa shape index (κ3) is 3.22. The van der Waals surface area contributed by atoms with Gasteiger partial charge in [0.1, 0.15) is 6.54 Å². The molecule has 16 heavy (non-hydrogen) atoms. The van der Waals surface area contributed by atoms with Crippen LogP contribution in [0.25, 0.3) is 0 Å². The third-order valence-corrected chi connectivity index (χ3v) is 3.46. The summed E-state index contributed by atoms with van der Waals surface area (Å²) in [5.41, 5.74) is 0.0401. The zero-order chi connectivity index (χ0) is 12.2. The Morgan fingerprint density at radius 2 is 2.06 bits per heavy atom. The van der Waals surface area contributed by atoms with Gasteiger partial charge in [-0.2, -0.15) is 0 Å². The van der Waals surface area contributed by atoms with E-state index in [1.165, 1.54) is 13.5 Å². The van der Waals surface area contributed by atoms with Crippen LogP contribution in [-0.2, 0) is 14.3 Å². The monoisotopic (exact) mass is 227 g/mol. The molecule has 0 aromatic rings. The fourth-order valence-electron chi connectivity index (χ4n) is 2.33. The van der Waals surface area contributed by atoms with Gasteiger partial charge in [-0.3, -0.25) is 9.59 Å². The number of hydrogen-bond donors (Lipinski definition) is 1.